The molecule has 0 aromatic heterocycles. The zero-order valence-corrected chi connectivity index (χ0v) is 21.1. The number of carbonyl (C=O) groups excluding carboxylic acids is 3. The van der Waals surface area contributed by atoms with Crippen LogP contribution in [0.15, 0.2) is 30.3 Å². The van der Waals surface area contributed by atoms with E-state index in [-0.39, 0.29) is 35.6 Å². The molecule has 1 saturated carbocycles. The molecule has 5 atom stereocenters. The molecule has 1 spiro atoms. The molecule has 4 aliphatic rings. The normalized spacial score (nSPS) is 32.0. The van der Waals surface area contributed by atoms with Crippen molar-refractivity contribution in [2.24, 2.45) is 11.8 Å². The Morgan fingerprint density at radius 2 is 1.80 bits per heavy atom. The van der Waals surface area contributed by atoms with Crippen molar-refractivity contribution >= 4 is 35.2 Å². The van der Waals surface area contributed by atoms with Gasteiger partial charge in [-0.2, -0.15) is 0 Å². The van der Waals surface area contributed by atoms with Crippen LogP contribution in [0.3, 0.4) is 0 Å². The molecule has 3 heterocycles. The van der Waals surface area contributed by atoms with Gasteiger partial charge in [0, 0.05) is 30.1 Å². The fourth-order valence-electron chi connectivity index (χ4n) is 6.84. The molecule has 3 N–H and O–H groups in total. The van der Waals surface area contributed by atoms with Gasteiger partial charge < -0.3 is 20.6 Å². The molecule has 35 heavy (non-hydrogen) atoms. The molecule has 7 nitrogen and oxygen atoms in total. The quantitative estimate of drug-likeness (QED) is 0.453. The highest BCUT2D eigenvalue weighted by Crippen LogP contribution is 2.66. The summed E-state index contributed by atoms with van der Waals surface area (Å²) in [6.07, 6.45) is 9.36. The number of aliphatic hydroxyl groups is 1. The molecule has 3 saturated heterocycles. The van der Waals surface area contributed by atoms with Crippen LogP contribution in [0.25, 0.3) is 0 Å². The second-order valence-corrected chi connectivity index (χ2v) is 12.2. The average molecular weight is 500 g/mol. The molecule has 1 aromatic carbocycles. The third-order valence-electron chi connectivity index (χ3n) is 8.40. The van der Waals surface area contributed by atoms with Gasteiger partial charge in [-0.3, -0.25) is 14.4 Å². The van der Waals surface area contributed by atoms with Crippen LogP contribution in [0.2, 0.25) is 0 Å². The van der Waals surface area contributed by atoms with E-state index in [1.807, 2.05) is 30.3 Å². The van der Waals surface area contributed by atoms with Gasteiger partial charge in [-0.25, -0.2) is 0 Å². The average Bonchev–Trinajstić information content (AvgIpc) is 3.50. The highest BCUT2D eigenvalue weighted by molar-refractivity contribution is 8.02. The van der Waals surface area contributed by atoms with Gasteiger partial charge in [-0.15, -0.1) is 11.8 Å². The zero-order chi connectivity index (χ0) is 24.4. The summed E-state index contributed by atoms with van der Waals surface area (Å²) >= 11 is 1.72. The lowest BCUT2D eigenvalue weighted by Gasteiger charge is -2.35. The van der Waals surface area contributed by atoms with Gasteiger partial charge in [0.05, 0.1) is 16.6 Å². The Balaban J connectivity index is 1.40. The molecule has 2 bridgehead atoms. The minimum absolute atomic E-state index is 0.0350. The Morgan fingerprint density at radius 1 is 1.03 bits per heavy atom. The first-order valence-corrected chi connectivity index (χ1v) is 14.2. The standard InChI is InChI=1S/C27H37N3O4S/c31-17-9-3-8-16-30-23(25(33)29-19-12-6-2-7-13-19)27-15-14-20(35-27)21(22(27)26(30)34)24(32)28-18-10-4-1-5-11-18/h1,4-5,10-11,19-23,31H,2-3,6-9,12-17H2,(H,28,32)(H,29,33)/t20-,21+,22+,23?,27?/m1/s1. The molecule has 3 amide bonds. The Kier molecular flexibility index (Phi) is 7.39. The Labute approximate surface area is 211 Å². The molecule has 0 radical (unpaired) electrons. The van der Waals surface area contributed by atoms with Gasteiger partial charge in [-0.1, -0.05) is 37.5 Å². The first-order chi connectivity index (χ1) is 17.0. The first kappa shape index (κ1) is 24.6. The molecule has 4 fully saturated rings. The van der Waals surface area contributed by atoms with Crippen molar-refractivity contribution in [3.63, 3.8) is 0 Å². The van der Waals surface area contributed by atoms with Crippen LogP contribution in [-0.2, 0) is 14.4 Å². The number of rotatable bonds is 9. The van der Waals surface area contributed by atoms with E-state index in [0.717, 1.165) is 57.1 Å². The van der Waals surface area contributed by atoms with Gasteiger partial charge in [-0.05, 0) is 57.1 Å². The van der Waals surface area contributed by atoms with Gasteiger partial charge in [0.25, 0.3) is 0 Å². The number of carbonyl (C=O) groups is 3. The molecule has 8 heteroatoms. The number of fused-ring (bicyclic) bond motifs is 1. The van der Waals surface area contributed by atoms with Crippen molar-refractivity contribution in [3.05, 3.63) is 30.3 Å². The maximum absolute atomic E-state index is 13.9. The lowest BCUT2D eigenvalue weighted by atomic mass is 9.70. The Morgan fingerprint density at radius 3 is 2.54 bits per heavy atom. The van der Waals surface area contributed by atoms with E-state index in [2.05, 4.69) is 10.6 Å². The maximum Gasteiger partial charge on any atom is 0.244 e. The van der Waals surface area contributed by atoms with Crippen LogP contribution in [0.5, 0.6) is 0 Å². The number of likely N-dealkylation sites (tertiary alicyclic amines) is 1. The summed E-state index contributed by atoms with van der Waals surface area (Å²) in [7, 11) is 0. The van der Waals surface area contributed by atoms with Crippen LogP contribution in [-0.4, -0.2) is 63.0 Å². The number of unbranched alkanes of at least 4 members (excludes halogenated alkanes) is 2. The summed E-state index contributed by atoms with van der Waals surface area (Å²) in [4.78, 5) is 43.0. The van der Waals surface area contributed by atoms with Gasteiger partial charge in [0.2, 0.25) is 17.7 Å². The lowest BCUT2D eigenvalue weighted by molar-refractivity contribution is -0.139. The van der Waals surface area contributed by atoms with Gasteiger partial charge in [0.1, 0.15) is 6.04 Å². The van der Waals surface area contributed by atoms with E-state index >= 15 is 0 Å². The van der Waals surface area contributed by atoms with E-state index in [0.29, 0.717) is 13.0 Å². The summed E-state index contributed by atoms with van der Waals surface area (Å²) in [5.74, 6) is -1.07. The van der Waals surface area contributed by atoms with E-state index in [1.54, 1.807) is 16.7 Å². The van der Waals surface area contributed by atoms with Gasteiger partial charge in [0.15, 0.2) is 0 Å². The number of amides is 3. The predicted octanol–water partition coefficient (Wildman–Crippen LogP) is 3.33. The van der Waals surface area contributed by atoms with E-state index in [9.17, 15) is 19.5 Å². The SMILES string of the molecule is O=C(NC1CCCCC1)C1N(CCCCCO)C(=O)[C@@H]2[C@@H](C(=O)Nc3ccccc3)[C@H]3CCC12S3. The van der Waals surface area contributed by atoms with E-state index in [1.165, 1.54) is 6.42 Å². The van der Waals surface area contributed by atoms with E-state index < -0.39 is 22.6 Å². The number of hydrogen-bond acceptors (Lipinski definition) is 5. The minimum atomic E-state index is -0.532. The largest absolute Gasteiger partial charge is 0.396 e. The maximum atomic E-state index is 13.9. The molecule has 3 aliphatic heterocycles. The first-order valence-electron chi connectivity index (χ1n) is 13.3. The summed E-state index contributed by atoms with van der Waals surface area (Å²) in [6, 6.07) is 9.04. The summed E-state index contributed by atoms with van der Waals surface area (Å²) in [5, 5.41) is 15.6. The Hall–Kier alpha value is -2.06. The van der Waals surface area contributed by atoms with Crippen molar-refractivity contribution in [1.29, 1.82) is 0 Å². The third-order valence-corrected chi connectivity index (χ3v) is 10.4. The molecule has 2 unspecified atom stereocenters. The molecule has 5 rings (SSSR count). The smallest absolute Gasteiger partial charge is 0.244 e. The number of nitrogens with one attached hydrogen (secondary N) is 2. The summed E-state index contributed by atoms with van der Waals surface area (Å²) < 4.78 is -0.532. The molecule has 1 aliphatic carbocycles. The molecule has 1 aromatic rings. The highest BCUT2D eigenvalue weighted by Gasteiger charge is 2.73. The number of aliphatic hydroxyl groups excluding tert-OH is 1. The van der Waals surface area contributed by atoms with Crippen molar-refractivity contribution in [2.75, 3.05) is 18.5 Å². The second kappa shape index (κ2) is 10.5. The number of nitrogens with zero attached hydrogens (tertiary/aromatic N) is 1. The summed E-state index contributed by atoms with van der Waals surface area (Å²) in [6.45, 7) is 0.628. The monoisotopic (exact) mass is 499 g/mol. The van der Waals surface area contributed by atoms with Crippen LogP contribution in [0, 0.1) is 11.8 Å². The second-order valence-electron chi connectivity index (χ2n) is 10.6. The van der Waals surface area contributed by atoms with Crippen molar-refractivity contribution < 1.29 is 19.5 Å². The number of benzene rings is 1. The highest BCUT2D eigenvalue weighted by atomic mass is 32.2. The minimum Gasteiger partial charge on any atom is -0.396 e. The molecular weight excluding hydrogens is 462 g/mol. The number of hydrogen-bond donors (Lipinski definition) is 3. The topological polar surface area (TPSA) is 98.7 Å². The van der Waals surface area contributed by atoms with Crippen molar-refractivity contribution in [1.82, 2.24) is 10.2 Å². The number of anilines is 1. The van der Waals surface area contributed by atoms with Crippen LogP contribution in [0.1, 0.15) is 64.2 Å². The van der Waals surface area contributed by atoms with Gasteiger partial charge >= 0.3 is 0 Å². The van der Waals surface area contributed by atoms with Crippen LogP contribution < -0.4 is 10.6 Å². The Bertz CT molecular complexity index is 938. The fraction of sp³-hybridized carbons (Fsp3) is 0.667. The number of thioether (sulfide) groups is 1. The molecule has 190 valence electrons. The third kappa shape index (κ3) is 4.59. The lowest BCUT2D eigenvalue weighted by Crippen LogP contribution is -2.55. The summed E-state index contributed by atoms with van der Waals surface area (Å²) in [5.41, 5.74) is 0.734. The number of para-hydroxylation sites is 1. The van der Waals surface area contributed by atoms with Crippen molar-refractivity contribution in [3.8, 4) is 0 Å². The van der Waals surface area contributed by atoms with E-state index in [4.69, 9.17) is 0 Å². The fourth-order valence-corrected chi connectivity index (χ4v) is 9.06. The van der Waals surface area contributed by atoms with Crippen LogP contribution in [0.4, 0.5) is 5.69 Å². The van der Waals surface area contributed by atoms with Crippen LogP contribution >= 0.6 is 11.8 Å². The zero-order valence-electron chi connectivity index (χ0n) is 20.3. The molecular formula is C27H37N3O4S. The van der Waals surface area contributed by atoms with Crippen molar-refractivity contribution in [2.45, 2.75) is 86.3 Å². The predicted molar refractivity (Wildman–Crippen MR) is 137 cm³/mol.